The van der Waals surface area contributed by atoms with Crippen LogP contribution in [0.2, 0.25) is 0 Å². The Hall–Kier alpha value is -3.21. The van der Waals surface area contributed by atoms with Gasteiger partial charge in [0.2, 0.25) is 5.91 Å². The Balaban J connectivity index is 1.54. The van der Waals surface area contributed by atoms with E-state index in [1.807, 2.05) is 41.3 Å². The number of fused-ring (bicyclic) bond motifs is 1. The first-order chi connectivity index (χ1) is 16.7. The van der Waals surface area contributed by atoms with Crippen molar-refractivity contribution in [3.63, 3.8) is 0 Å². The molecule has 6 nitrogen and oxygen atoms in total. The SMILES string of the molecule is CCOC(=O)c1ccc(COCC2CC(C(C)(C)C)C(=O)N2c2ccc3c(C#N)cccc3c2)s1. The summed E-state index contributed by atoms with van der Waals surface area (Å²) in [6.45, 7) is 9.17. The van der Waals surface area contributed by atoms with Crippen LogP contribution in [-0.4, -0.2) is 31.1 Å². The molecule has 0 saturated carbocycles. The van der Waals surface area contributed by atoms with Crippen LogP contribution >= 0.6 is 11.3 Å². The molecule has 2 heterocycles. The van der Waals surface area contributed by atoms with Crippen LogP contribution in [0, 0.1) is 22.7 Å². The van der Waals surface area contributed by atoms with E-state index in [0.717, 1.165) is 21.3 Å². The number of ether oxygens (including phenoxy) is 2. The molecule has 7 heteroatoms. The highest BCUT2D eigenvalue weighted by molar-refractivity contribution is 7.13. The third kappa shape index (κ3) is 5.24. The first-order valence-corrected chi connectivity index (χ1v) is 12.6. The maximum absolute atomic E-state index is 13.6. The normalized spacial score (nSPS) is 18.1. The van der Waals surface area contributed by atoms with Crippen molar-refractivity contribution in [1.82, 2.24) is 0 Å². The van der Waals surface area contributed by atoms with Crippen LogP contribution in [0.4, 0.5) is 5.69 Å². The Morgan fingerprint density at radius 1 is 1.20 bits per heavy atom. The van der Waals surface area contributed by atoms with Gasteiger partial charge in [0, 0.05) is 16.5 Å². The molecule has 0 spiro atoms. The Morgan fingerprint density at radius 3 is 2.71 bits per heavy atom. The number of esters is 1. The fourth-order valence-electron chi connectivity index (χ4n) is 4.61. The maximum Gasteiger partial charge on any atom is 0.348 e. The van der Waals surface area contributed by atoms with E-state index in [4.69, 9.17) is 9.47 Å². The van der Waals surface area contributed by atoms with E-state index in [1.54, 1.807) is 19.1 Å². The zero-order valence-corrected chi connectivity index (χ0v) is 21.4. The van der Waals surface area contributed by atoms with E-state index in [0.29, 0.717) is 36.7 Å². The van der Waals surface area contributed by atoms with E-state index in [9.17, 15) is 14.9 Å². The summed E-state index contributed by atoms with van der Waals surface area (Å²) in [6.07, 6.45) is 0.705. The van der Waals surface area contributed by atoms with Crippen molar-refractivity contribution in [2.45, 2.75) is 46.8 Å². The van der Waals surface area contributed by atoms with Gasteiger partial charge >= 0.3 is 5.97 Å². The van der Waals surface area contributed by atoms with Gasteiger partial charge in [0.15, 0.2) is 0 Å². The fraction of sp³-hybridized carbons (Fsp3) is 0.393. The third-order valence-electron chi connectivity index (χ3n) is 6.41. The lowest BCUT2D eigenvalue weighted by molar-refractivity contribution is -0.123. The molecule has 2 unspecified atom stereocenters. The average Bonchev–Trinajstić information content (AvgIpc) is 3.43. The lowest BCUT2D eigenvalue weighted by Gasteiger charge is -2.27. The molecule has 4 rings (SSSR count). The minimum absolute atomic E-state index is 0.0996. The van der Waals surface area contributed by atoms with Crippen molar-refractivity contribution >= 4 is 39.7 Å². The van der Waals surface area contributed by atoms with Crippen LogP contribution < -0.4 is 4.90 Å². The molecule has 182 valence electrons. The van der Waals surface area contributed by atoms with Crippen LogP contribution in [0.25, 0.3) is 10.8 Å². The van der Waals surface area contributed by atoms with Crippen molar-refractivity contribution in [1.29, 1.82) is 5.26 Å². The van der Waals surface area contributed by atoms with Crippen molar-refractivity contribution < 1.29 is 19.1 Å². The number of anilines is 1. The first-order valence-electron chi connectivity index (χ1n) is 11.8. The van der Waals surface area contributed by atoms with Crippen molar-refractivity contribution in [3.05, 3.63) is 63.8 Å². The number of nitriles is 1. The molecule has 3 aromatic rings. The Kier molecular flexibility index (Phi) is 7.25. The summed E-state index contributed by atoms with van der Waals surface area (Å²) >= 11 is 1.36. The average molecular weight is 491 g/mol. The summed E-state index contributed by atoms with van der Waals surface area (Å²) in [5.41, 5.74) is 1.27. The van der Waals surface area contributed by atoms with E-state index in [1.165, 1.54) is 11.3 Å². The van der Waals surface area contributed by atoms with Gasteiger partial charge in [0.05, 0.1) is 37.5 Å². The predicted molar refractivity (Wildman–Crippen MR) is 137 cm³/mol. The van der Waals surface area contributed by atoms with E-state index in [2.05, 4.69) is 26.8 Å². The molecule has 0 aliphatic carbocycles. The molecule has 2 atom stereocenters. The van der Waals surface area contributed by atoms with Crippen molar-refractivity contribution in [2.24, 2.45) is 11.3 Å². The van der Waals surface area contributed by atoms with Gasteiger partial charge in [-0.3, -0.25) is 4.79 Å². The number of thiophene rings is 1. The quantitative estimate of drug-likeness (QED) is 0.383. The molecule has 1 saturated heterocycles. The molecular formula is C28H30N2O4S. The zero-order valence-electron chi connectivity index (χ0n) is 20.5. The van der Waals surface area contributed by atoms with Crippen LogP contribution in [-0.2, 0) is 20.9 Å². The predicted octanol–water partition coefficient (Wildman–Crippen LogP) is 5.93. The number of carbonyl (C=O) groups is 2. The Morgan fingerprint density at radius 2 is 2.00 bits per heavy atom. The van der Waals surface area contributed by atoms with E-state index < -0.39 is 0 Å². The highest BCUT2D eigenvalue weighted by atomic mass is 32.1. The first kappa shape index (κ1) is 24.9. The molecule has 2 aromatic carbocycles. The molecule has 0 radical (unpaired) electrons. The molecule has 1 aliphatic heterocycles. The number of amides is 1. The van der Waals surface area contributed by atoms with Crippen LogP contribution in [0.3, 0.4) is 0 Å². The number of hydrogen-bond donors (Lipinski definition) is 0. The number of benzene rings is 2. The largest absolute Gasteiger partial charge is 0.462 e. The maximum atomic E-state index is 13.6. The fourth-order valence-corrected chi connectivity index (χ4v) is 5.45. The number of carbonyl (C=O) groups excluding carboxylic acids is 2. The smallest absolute Gasteiger partial charge is 0.348 e. The summed E-state index contributed by atoms with van der Waals surface area (Å²) in [4.78, 5) is 28.9. The highest BCUT2D eigenvalue weighted by Crippen LogP contribution is 2.41. The topological polar surface area (TPSA) is 79.6 Å². The molecule has 1 aromatic heterocycles. The van der Waals surface area contributed by atoms with Crippen LogP contribution in [0.1, 0.15) is 54.2 Å². The molecule has 1 amide bonds. The molecule has 35 heavy (non-hydrogen) atoms. The lowest BCUT2D eigenvalue weighted by Crippen LogP contribution is -2.37. The van der Waals surface area contributed by atoms with Crippen molar-refractivity contribution in [3.8, 4) is 6.07 Å². The number of hydrogen-bond acceptors (Lipinski definition) is 6. The summed E-state index contributed by atoms with van der Waals surface area (Å²) in [5.74, 6) is -0.336. The van der Waals surface area contributed by atoms with E-state index in [-0.39, 0.29) is 29.3 Å². The minimum Gasteiger partial charge on any atom is -0.462 e. The second-order valence-electron chi connectivity index (χ2n) is 9.84. The van der Waals surface area contributed by atoms with E-state index >= 15 is 0 Å². The van der Waals surface area contributed by atoms with Crippen LogP contribution in [0.15, 0.2) is 48.5 Å². The Labute approximate surface area is 210 Å². The summed E-state index contributed by atoms with van der Waals surface area (Å²) in [7, 11) is 0. The van der Waals surface area contributed by atoms with Gasteiger partial charge in [-0.2, -0.15) is 5.26 Å². The molecule has 0 bridgehead atoms. The third-order valence-corrected chi connectivity index (χ3v) is 7.45. The summed E-state index contributed by atoms with van der Waals surface area (Å²) in [5, 5.41) is 11.2. The molecule has 1 aliphatic rings. The van der Waals surface area contributed by atoms with Gasteiger partial charge in [-0.05, 0) is 59.9 Å². The lowest BCUT2D eigenvalue weighted by atomic mass is 9.79. The minimum atomic E-state index is -0.319. The van der Waals surface area contributed by atoms with Gasteiger partial charge in [-0.1, -0.05) is 39.0 Å². The van der Waals surface area contributed by atoms with Crippen molar-refractivity contribution in [2.75, 3.05) is 18.1 Å². The number of rotatable bonds is 7. The van der Waals surface area contributed by atoms with Gasteiger partial charge in [-0.15, -0.1) is 11.3 Å². The summed E-state index contributed by atoms with van der Waals surface area (Å²) in [6, 6.07) is 17.2. The Bertz CT molecular complexity index is 1280. The highest BCUT2D eigenvalue weighted by Gasteiger charge is 2.45. The zero-order chi connectivity index (χ0) is 25.2. The molecule has 1 fully saturated rings. The van der Waals surface area contributed by atoms with Gasteiger partial charge < -0.3 is 14.4 Å². The second-order valence-corrected chi connectivity index (χ2v) is 11.0. The monoisotopic (exact) mass is 490 g/mol. The molecule has 0 N–H and O–H groups in total. The van der Waals surface area contributed by atoms with Gasteiger partial charge in [-0.25, -0.2) is 4.79 Å². The summed E-state index contributed by atoms with van der Waals surface area (Å²) < 4.78 is 11.1. The second kappa shape index (κ2) is 10.2. The van der Waals surface area contributed by atoms with Gasteiger partial charge in [0.25, 0.3) is 0 Å². The van der Waals surface area contributed by atoms with Crippen LogP contribution in [0.5, 0.6) is 0 Å². The standard InChI is InChI=1S/C28H30N2O4S/c1-5-34-27(32)25-12-10-22(35-25)17-33-16-21-14-24(28(2,3)4)26(31)30(21)20-9-11-23-18(13-20)7-6-8-19(23)15-29/h6-13,21,24H,5,14,16-17H2,1-4H3. The molecular weight excluding hydrogens is 460 g/mol. The number of nitrogens with zero attached hydrogens (tertiary/aromatic N) is 2. The van der Waals surface area contributed by atoms with Gasteiger partial charge in [0.1, 0.15) is 4.88 Å².